The molecule has 1 N–H and O–H groups in total. The molecule has 0 fully saturated rings. The zero-order valence-corrected chi connectivity index (χ0v) is 14.0. The Labute approximate surface area is 136 Å². The SMILES string of the molecule is C=C1C(OC)=CC=C(Nc2c(C)n(C)c3ccccc23)C1OC. The molecule has 120 valence electrons. The molecule has 1 aromatic carbocycles. The number of allylic oxidation sites excluding steroid dienone is 2. The van der Waals surface area contributed by atoms with Crippen molar-refractivity contribution >= 4 is 16.6 Å². The van der Waals surface area contributed by atoms with E-state index < -0.39 is 0 Å². The van der Waals surface area contributed by atoms with Crippen molar-refractivity contribution in [3.8, 4) is 0 Å². The van der Waals surface area contributed by atoms with Crippen LogP contribution in [-0.2, 0) is 16.5 Å². The quantitative estimate of drug-likeness (QED) is 0.930. The van der Waals surface area contributed by atoms with Crippen LogP contribution in [0.5, 0.6) is 0 Å². The fourth-order valence-corrected chi connectivity index (χ4v) is 3.08. The van der Waals surface area contributed by atoms with Crippen LogP contribution in [0.15, 0.2) is 60.0 Å². The number of aryl methyl sites for hydroxylation is 1. The predicted molar refractivity (Wildman–Crippen MR) is 94.4 cm³/mol. The second-order valence-corrected chi connectivity index (χ2v) is 5.66. The summed E-state index contributed by atoms with van der Waals surface area (Å²) in [5.41, 5.74) is 5.24. The maximum atomic E-state index is 5.62. The van der Waals surface area contributed by atoms with Crippen molar-refractivity contribution in [2.24, 2.45) is 7.05 Å². The highest BCUT2D eigenvalue weighted by Gasteiger charge is 2.25. The van der Waals surface area contributed by atoms with E-state index in [0.29, 0.717) is 0 Å². The standard InChI is InChI=1S/C19H22N2O2/c1-12-17(22-4)11-10-15(19(12)23-5)20-18-13(2)21(3)16-9-7-6-8-14(16)18/h6-11,19-20H,1H2,2-5H3. The summed E-state index contributed by atoms with van der Waals surface area (Å²) in [5, 5.41) is 4.73. The van der Waals surface area contributed by atoms with E-state index in [9.17, 15) is 0 Å². The molecule has 1 atom stereocenters. The van der Waals surface area contributed by atoms with Gasteiger partial charge in [-0.25, -0.2) is 0 Å². The summed E-state index contributed by atoms with van der Waals surface area (Å²) in [5.74, 6) is 0.747. The number of nitrogens with zero attached hydrogens (tertiary/aromatic N) is 1. The molecule has 2 aromatic rings. The second-order valence-electron chi connectivity index (χ2n) is 5.66. The number of methoxy groups -OCH3 is 2. The molecule has 1 aliphatic rings. The average molecular weight is 310 g/mol. The zero-order chi connectivity index (χ0) is 16.6. The zero-order valence-electron chi connectivity index (χ0n) is 14.0. The minimum absolute atomic E-state index is 0.242. The second kappa shape index (κ2) is 5.97. The molecule has 0 saturated carbocycles. The maximum Gasteiger partial charge on any atom is 0.125 e. The molecule has 0 radical (unpaired) electrons. The van der Waals surface area contributed by atoms with Gasteiger partial charge in [-0.05, 0) is 25.1 Å². The van der Waals surface area contributed by atoms with Crippen molar-refractivity contribution in [1.29, 1.82) is 0 Å². The molecule has 23 heavy (non-hydrogen) atoms. The Morgan fingerprint density at radius 3 is 2.61 bits per heavy atom. The number of hydrogen-bond donors (Lipinski definition) is 1. The molecule has 1 aliphatic carbocycles. The third-order valence-corrected chi connectivity index (χ3v) is 4.45. The summed E-state index contributed by atoms with van der Waals surface area (Å²) < 4.78 is 13.1. The lowest BCUT2D eigenvalue weighted by Crippen LogP contribution is -2.25. The van der Waals surface area contributed by atoms with Crippen molar-refractivity contribution < 1.29 is 9.47 Å². The number of fused-ring (bicyclic) bond motifs is 1. The van der Waals surface area contributed by atoms with Crippen molar-refractivity contribution in [1.82, 2.24) is 4.57 Å². The van der Waals surface area contributed by atoms with Crippen molar-refractivity contribution in [2.45, 2.75) is 13.0 Å². The normalized spacial score (nSPS) is 17.9. The predicted octanol–water partition coefficient (Wildman–Crippen LogP) is 3.90. The van der Waals surface area contributed by atoms with Gasteiger partial charge in [0.05, 0.1) is 18.3 Å². The first-order valence-corrected chi connectivity index (χ1v) is 7.57. The fraction of sp³-hybridized carbons (Fsp3) is 0.263. The fourth-order valence-electron chi connectivity index (χ4n) is 3.08. The number of rotatable bonds is 4. The Bertz CT molecular complexity index is 827. The molecule has 1 heterocycles. The van der Waals surface area contributed by atoms with Crippen LogP contribution in [0.25, 0.3) is 10.9 Å². The van der Waals surface area contributed by atoms with Gasteiger partial charge >= 0.3 is 0 Å². The molecule has 4 nitrogen and oxygen atoms in total. The molecule has 0 aliphatic heterocycles. The van der Waals surface area contributed by atoms with Gasteiger partial charge in [0.1, 0.15) is 11.9 Å². The van der Waals surface area contributed by atoms with Gasteiger partial charge in [0, 0.05) is 36.5 Å². The molecular weight excluding hydrogens is 288 g/mol. The van der Waals surface area contributed by atoms with Gasteiger partial charge in [0.25, 0.3) is 0 Å². The number of nitrogens with one attached hydrogen (secondary N) is 1. The first-order chi connectivity index (χ1) is 11.1. The molecule has 4 heteroatoms. The topological polar surface area (TPSA) is 35.4 Å². The molecule has 0 bridgehead atoms. The smallest absolute Gasteiger partial charge is 0.125 e. The maximum absolute atomic E-state index is 5.62. The van der Waals surface area contributed by atoms with Gasteiger partial charge in [-0.15, -0.1) is 0 Å². The van der Waals surface area contributed by atoms with Crippen LogP contribution >= 0.6 is 0 Å². The van der Waals surface area contributed by atoms with Crippen LogP contribution in [0.4, 0.5) is 5.69 Å². The first-order valence-electron chi connectivity index (χ1n) is 7.57. The Balaban J connectivity index is 2.05. The summed E-state index contributed by atoms with van der Waals surface area (Å²) in [7, 11) is 5.40. The minimum atomic E-state index is -0.242. The van der Waals surface area contributed by atoms with Crippen molar-refractivity contribution in [3.63, 3.8) is 0 Å². The minimum Gasteiger partial charge on any atom is -0.496 e. The van der Waals surface area contributed by atoms with Crippen molar-refractivity contribution in [3.05, 3.63) is 65.7 Å². The Kier molecular flexibility index (Phi) is 4.01. The monoisotopic (exact) mass is 310 g/mol. The lowest BCUT2D eigenvalue weighted by atomic mass is 10.0. The molecule has 0 amide bonds. The van der Waals surface area contributed by atoms with E-state index in [1.54, 1.807) is 14.2 Å². The summed E-state index contributed by atoms with van der Waals surface area (Å²) in [6.45, 7) is 6.21. The largest absolute Gasteiger partial charge is 0.496 e. The third-order valence-electron chi connectivity index (χ3n) is 4.45. The molecule has 1 unspecified atom stereocenters. The van der Waals surface area contributed by atoms with Gasteiger partial charge in [-0.3, -0.25) is 0 Å². The Hall–Kier alpha value is -2.46. The number of hydrogen-bond acceptors (Lipinski definition) is 3. The van der Waals surface area contributed by atoms with Gasteiger partial charge in [-0.1, -0.05) is 24.8 Å². The Morgan fingerprint density at radius 2 is 1.91 bits per heavy atom. The van der Waals surface area contributed by atoms with Crippen molar-refractivity contribution in [2.75, 3.05) is 19.5 Å². The van der Waals surface area contributed by atoms with E-state index in [1.165, 1.54) is 16.6 Å². The number of aromatic nitrogens is 1. The van der Waals surface area contributed by atoms with Crippen LogP contribution in [0.1, 0.15) is 5.69 Å². The number of benzene rings is 1. The van der Waals surface area contributed by atoms with E-state index in [0.717, 1.165) is 22.7 Å². The van der Waals surface area contributed by atoms with Crippen LogP contribution in [0.2, 0.25) is 0 Å². The van der Waals surface area contributed by atoms with Gasteiger partial charge in [0.2, 0.25) is 0 Å². The number of ether oxygens (including phenoxy) is 2. The summed E-state index contributed by atoms with van der Waals surface area (Å²) in [4.78, 5) is 0. The van der Waals surface area contributed by atoms with Gasteiger partial charge in [0.15, 0.2) is 0 Å². The van der Waals surface area contributed by atoms with Crippen LogP contribution in [-0.4, -0.2) is 24.9 Å². The third kappa shape index (κ3) is 2.45. The molecule has 0 saturated heterocycles. The molecule has 0 spiro atoms. The summed E-state index contributed by atoms with van der Waals surface area (Å²) in [6.07, 6.45) is 3.66. The number of para-hydroxylation sites is 1. The number of anilines is 1. The first kappa shape index (κ1) is 15.4. The van der Waals surface area contributed by atoms with Gasteiger partial charge < -0.3 is 19.4 Å². The lowest BCUT2D eigenvalue weighted by Gasteiger charge is -2.26. The molecule has 3 rings (SSSR count). The lowest BCUT2D eigenvalue weighted by molar-refractivity contribution is 0.150. The van der Waals surface area contributed by atoms with Crippen LogP contribution in [0, 0.1) is 6.92 Å². The van der Waals surface area contributed by atoms with Crippen LogP contribution in [0.3, 0.4) is 0 Å². The molecule has 1 aromatic heterocycles. The van der Waals surface area contributed by atoms with E-state index in [-0.39, 0.29) is 6.10 Å². The average Bonchev–Trinajstić information content (AvgIpc) is 2.81. The van der Waals surface area contributed by atoms with E-state index in [1.807, 2.05) is 12.2 Å². The highest BCUT2D eigenvalue weighted by Crippen LogP contribution is 2.33. The van der Waals surface area contributed by atoms with E-state index >= 15 is 0 Å². The van der Waals surface area contributed by atoms with E-state index in [4.69, 9.17) is 9.47 Å². The summed E-state index contributed by atoms with van der Waals surface area (Å²) >= 11 is 0. The van der Waals surface area contributed by atoms with E-state index in [2.05, 4.69) is 54.7 Å². The summed E-state index contributed by atoms with van der Waals surface area (Å²) in [6, 6.07) is 8.36. The molecular formula is C19H22N2O2. The highest BCUT2D eigenvalue weighted by molar-refractivity contribution is 5.95. The van der Waals surface area contributed by atoms with Crippen LogP contribution < -0.4 is 5.32 Å². The Morgan fingerprint density at radius 1 is 1.17 bits per heavy atom. The highest BCUT2D eigenvalue weighted by atomic mass is 16.5. The van der Waals surface area contributed by atoms with Gasteiger partial charge in [-0.2, -0.15) is 0 Å².